The normalized spacial score (nSPS) is 5.91. The van der Waals surface area contributed by atoms with Crippen LogP contribution in [0.3, 0.4) is 0 Å². The van der Waals surface area contributed by atoms with Gasteiger partial charge in [-0.3, -0.25) is 0 Å². The Kier molecular flexibility index (Phi) is 16.6. The molecule has 0 fully saturated rings. The number of carbonyl (C=O) groups excluding carboxylic acids is 2. The van der Waals surface area contributed by atoms with Crippen molar-refractivity contribution in [2.24, 2.45) is 5.73 Å². The Morgan fingerprint density at radius 2 is 1.91 bits per heavy atom. The molecule has 0 unspecified atom stereocenters. The van der Waals surface area contributed by atoms with Crippen molar-refractivity contribution in [1.29, 1.82) is 0 Å². The van der Waals surface area contributed by atoms with E-state index in [1.165, 1.54) is 7.11 Å². The second-order valence-corrected chi connectivity index (χ2v) is 1.05. The van der Waals surface area contributed by atoms with Crippen LogP contribution in [-0.4, -0.2) is 19.2 Å². The van der Waals surface area contributed by atoms with Crippen molar-refractivity contribution in [2.75, 3.05) is 7.11 Å². The molecule has 0 aromatic heterocycles. The number of nitrogens with two attached hydrogens (primary N) is 1. The third kappa shape index (κ3) is 58.8. The molecule has 0 bridgehead atoms. The summed E-state index contributed by atoms with van der Waals surface area (Å²) in [6.45, 7) is 3.16. The largest absolute Gasteiger partial charge is 0.530 e. The summed E-state index contributed by atoms with van der Waals surface area (Å²) in [5, 5.41) is 8.67. The number of primary amides is 1. The van der Waals surface area contributed by atoms with Crippen LogP contribution in [0.25, 0.3) is 0 Å². The summed E-state index contributed by atoms with van der Waals surface area (Å²) < 4.78 is 4.14. The molecule has 0 aliphatic heterocycles. The number of esters is 1. The van der Waals surface area contributed by atoms with Crippen LogP contribution in [0, 0.1) is 0 Å². The van der Waals surface area contributed by atoms with Crippen molar-refractivity contribution in [1.82, 2.24) is 6.15 Å². The molecule has 1 amide bonds. The summed E-state index contributed by atoms with van der Waals surface area (Å²) in [4.78, 5) is 18.5. The highest BCUT2D eigenvalue weighted by atomic mass is 16.5. The molecule has 0 rings (SSSR count). The molecule has 0 saturated carbocycles. The molecule has 0 atom stereocenters. The second-order valence-electron chi connectivity index (χ2n) is 1.05. The maximum absolute atomic E-state index is 9.84. The van der Waals surface area contributed by atoms with E-state index >= 15 is 0 Å². The van der Waals surface area contributed by atoms with Crippen LogP contribution in [0.2, 0.25) is 0 Å². The van der Waals surface area contributed by atoms with Gasteiger partial charge in [-0.05, 0) is 0 Å². The zero-order valence-electron chi connectivity index (χ0n) is 6.49. The fraction of sp³-hybridized carbons (Fsp3) is 0.200. The first-order chi connectivity index (χ1) is 4.54. The molecule has 0 radical (unpaired) electrons. The summed E-state index contributed by atoms with van der Waals surface area (Å²) in [6.07, 6.45) is -0.472. The zero-order chi connectivity index (χ0) is 8.57. The lowest BCUT2D eigenvalue weighted by atomic mass is 10.7. The Morgan fingerprint density at radius 3 is 1.91 bits per heavy atom. The molecule has 0 aliphatic carbocycles. The molecule has 11 heavy (non-hydrogen) atoms. The fourth-order valence-corrected chi connectivity index (χ4v) is 0.0833. The van der Waals surface area contributed by atoms with Crippen LogP contribution in [0.5, 0.6) is 0 Å². The van der Waals surface area contributed by atoms with E-state index in [0.717, 1.165) is 6.08 Å². The number of ether oxygens (including phenoxy) is 1. The van der Waals surface area contributed by atoms with Crippen molar-refractivity contribution in [3.8, 4) is 0 Å². The van der Waals surface area contributed by atoms with Crippen LogP contribution in [0.4, 0.5) is 4.79 Å². The van der Waals surface area contributed by atoms with E-state index in [4.69, 9.17) is 9.90 Å². The molecule has 0 aromatic rings. The molecule has 0 heterocycles. The molecular formula is C5H12N2O4. The highest BCUT2D eigenvalue weighted by molar-refractivity contribution is 5.80. The number of hydrogen-bond acceptors (Lipinski definition) is 4. The van der Waals surface area contributed by atoms with Gasteiger partial charge in [-0.1, -0.05) is 6.58 Å². The first-order valence-electron chi connectivity index (χ1n) is 2.21. The highest BCUT2D eigenvalue weighted by Crippen LogP contribution is 1.67. The highest BCUT2D eigenvalue weighted by Gasteiger charge is 1.81. The number of quaternary nitrogens is 1. The monoisotopic (exact) mass is 164 g/mol. The smallest absolute Gasteiger partial charge is 0.329 e. The molecule has 66 valence electrons. The van der Waals surface area contributed by atoms with Gasteiger partial charge in [-0.2, -0.15) is 0 Å². The van der Waals surface area contributed by atoms with Gasteiger partial charge in [0.1, 0.15) is 6.09 Å². The average molecular weight is 164 g/mol. The molecule has 0 spiro atoms. The van der Waals surface area contributed by atoms with E-state index in [1.54, 1.807) is 0 Å². The molecule has 6 heteroatoms. The van der Waals surface area contributed by atoms with Gasteiger partial charge in [0.15, 0.2) is 0 Å². The SMILES string of the molecule is C=CC(=O)OC.NC(=O)[O-].[NH4+]. The third-order valence-electron chi connectivity index (χ3n) is 0.368. The average Bonchev–Trinajstić information content (AvgIpc) is 1.85. The summed E-state index contributed by atoms with van der Waals surface area (Å²) in [5.41, 5.74) is 3.92. The molecule has 0 aliphatic rings. The Balaban J connectivity index is -0.000000114. The first-order valence-corrected chi connectivity index (χ1v) is 2.21. The lowest BCUT2D eigenvalue weighted by Crippen LogP contribution is -2.29. The number of rotatable bonds is 1. The standard InChI is InChI=1S/C4H6O2.CH3NO2.H3N/c1-3-4(5)6-2;2-1(3)4;/h3H,1H2,2H3;2H2,(H,3,4);1H3. The van der Waals surface area contributed by atoms with E-state index in [1.807, 2.05) is 0 Å². The quantitative estimate of drug-likeness (QED) is 0.380. The molecular weight excluding hydrogens is 152 g/mol. The number of hydrogen-bond donors (Lipinski definition) is 2. The van der Waals surface area contributed by atoms with E-state index in [0.29, 0.717) is 0 Å². The van der Waals surface area contributed by atoms with Crippen LogP contribution >= 0.6 is 0 Å². The molecule has 0 saturated heterocycles. The Labute approximate surface area is 64.2 Å². The fourth-order valence-electron chi connectivity index (χ4n) is 0.0833. The van der Waals surface area contributed by atoms with Crippen molar-refractivity contribution in [3.05, 3.63) is 12.7 Å². The summed E-state index contributed by atoms with van der Waals surface area (Å²) in [5.74, 6) is -0.394. The van der Waals surface area contributed by atoms with E-state index in [2.05, 4.69) is 17.0 Å². The number of carbonyl (C=O) groups is 2. The maximum Gasteiger partial charge on any atom is 0.329 e. The number of carboxylic acid groups (broad SMARTS) is 1. The van der Waals surface area contributed by atoms with Crippen LogP contribution in [0.15, 0.2) is 12.7 Å². The Morgan fingerprint density at radius 1 is 1.64 bits per heavy atom. The Hall–Kier alpha value is -1.56. The van der Waals surface area contributed by atoms with Crippen molar-refractivity contribution in [2.45, 2.75) is 0 Å². The predicted molar refractivity (Wildman–Crippen MR) is 37.8 cm³/mol. The van der Waals surface area contributed by atoms with E-state index in [9.17, 15) is 4.79 Å². The molecule has 6 nitrogen and oxygen atoms in total. The lowest BCUT2D eigenvalue weighted by molar-refractivity contribution is -0.245. The van der Waals surface area contributed by atoms with Gasteiger partial charge in [-0.15, -0.1) is 0 Å². The van der Waals surface area contributed by atoms with Gasteiger partial charge >= 0.3 is 5.97 Å². The van der Waals surface area contributed by atoms with E-state index in [-0.39, 0.29) is 6.15 Å². The second kappa shape index (κ2) is 11.3. The summed E-state index contributed by atoms with van der Waals surface area (Å²) in [6, 6.07) is 0. The number of amides is 1. The van der Waals surface area contributed by atoms with Crippen LogP contribution in [-0.2, 0) is 9.53 Å². The van der Waals surface area contributed by atoms with E-state index < -0.39 is 12.1 Å². The molecule has 0 aromatic carbocycles. The predicted octanol–water partition coefficient (Wildman–Crippen LogP) is -0.990. The van der Waals surface area contributed by atoms with Gasteiger partial charge in [0.2, 0.25) is 0 Å². The topological polar surface area (TPSA) is 129 Å². The minimum atomic E-state index is -1.58. The van der Waals surface area contributed by atoms with Gasteiger partial charge < -0.3 is 26.5 Å². The minimum Gasteiger partial charge on any atom is -0.530 e. The van der Waals surface area contributed by atoms with Gasteiger partial charge in [0, 0.05) is 6.08 Å². The first kappa shape index (κ1) is 16.2. The Bertz CT molecular complexity index is 130. The van der Waals surface area contributed by atoms with Crippen LogP contribution < -0.4 is 17.0 Å². The van der Waals surface area contributed by atoms with Gasteiger partial charge in [0.05, 0.1) is 7.11 Å². The van der Waals surface area contributed by atoms with Gasteiger partial charge in [-0.25, -0.2) is 4.79 Å². The van der Waals surface area contributed by atoms with Gasteiger partial charge in [0.25, 0.3) is 0 Å². The van der Waals surface area contributed by atoms with Crippen molar-refractivity contribution < 1.29 is 19.4 Å². The van der Waals surface area contributed by atoms with Crippen LogP contribution in [0.1, 0.15) is 0 Å². The summed E-state index contributed by atoms with van der Waals surface area (Å²) in [7, 11) is 1.31. The van der Waals surface area contributed by atoms with Crippen molar-refractivity contribution >= 4 is 12.1 Å². The third-order valence-corrected chi connectivity index (χ3v) is 0.368. The van der Waals surface area contributed by atoms with Crippen molar-refractivity contribution in [3.63, 3.8) is 0 Å². The zero-order valence-corrected chi connectivity index (χ0v) is 6.49. The lowest BCUT2D eigenvalue weighted by Gasteiger charge is -1.83. The maximum atomic E-state index is 9.84. The number of methoxy groups -OCH3 is 1. The molecule has 6 N–H and O–H groups in total. The minimum absolute atomic E-state index is 0. The summed E-state index contributed by atoms with van der Waals surface area (Å²) >= 11 is 0.